The van der Waals surface area contributed by atoms with Gasteiger partial charge in [0, 0.05) is 25.2 Å². The number of hydrogen-bond acceptors (Lipinski definition) is 5. The summed E-state index contributed by atoms with van der Waals surface area (Å²) in [5.41, 5.74) is 1.78. The van der Waals surface area contributed by atoms with E-state index in [0.717, 1.165) is 16.3 Å². The lowest BCUT2D eigenvalue weighted by Gasteiger charge is -2.25. The summed E-state index contributed by atoms with van der Waals surface area (Å²) in [7, 11) is 1.90. The maximum absolute atomic E-state index is 13.1. The molecule has 0 amide bonds. The van der Waals surface area contributed by atoms with Gasteiger partial charge in [0.1, 0.15) is 5.82 Å². The molecule has 0 bridgehead atoms. The van der Waals surface area contributed by atoms with E-state index in [-0.39, 0.29) is 5.82 Å². The van der Waals surface area contributed by atoms with E-state index in [9.17, 15) is 4.39 Å². The van der Waals surface area contributed by atoms with Gasteiger partial charge in [0.15, 0.2) is 0 Å². The largest absolute Gasteiger partial charge is 0.324 e. The second-order valence-corrected chi connectivity index (χ2v) is 4.85. The highest BCUT2D eigenvalue weighted by molar-refractivity contribution is 7.98. The minimum absolute atomic E-state index is 0.257. The van der Waals surface area contributed by atoms with Crippen molar-refractivity contribution in [3.8, 4) is 0 Å². The normalized spacial score (nSPS) is 13.3. The van der Waals surface area contributed by atoms with Crippen LogP contribution in [0.1, 0.15) is 0 Å². The Hall–Kier alpha value is -2.08. The highest BCUT2D eigenvalue weighted by Gasteiger charge is 2.17. The summed E-state index contributed by atoms with van der Waals surface area (Å²) in [6.07, 6.45) is 3.48. The van der Waals surface area contributed by atoms with Crippen LogP contribution in [0.2, 0.25) is 0 Å². The summed E-state index contributed by atoms with van der Waals surface area (Å²) in [6.45, 7) is 0. The standard InChI is InChI=1S/C13H11FN4S/c1-18(10-3-2-6-15-8-10)13-16-11-5-4-9(14)7-12(11)19-17-13/h2-8H,1H3,(H,16,17). The molecule has 4 nitrogen and oxygen atoms in total. The third kappa shape index (κ3) is 2.39. The van der Waals surface area contributed by atoms with Crippen LogP contribution in [0.5, 0.6) is 0 Å². The summed E-state index contributed by atoms with van der Waals surface area (Å²) in [5, 5.41) is 3.18. The third-order valence-corrected chi connectivity index (χ3v) is 3.57. The van der Waals surface area contributed by atoms with Gasteiger partial charge in [0.2, 0.25) is 5.96 Å². The maximum Gasteiger partial charge on any atom is 0.214 e. The van der Waals surface area contributed by atoms with Gasteiger partial charge in [-0.15, -0.1) is 0 Å². The highest BCUT2D eigenvalue weighted by Crippen LogP contribution is 2.33. The lowest BCUT2D eigenvalue weighted by atomic mass is 10.3. The fourth-order valence-electron chi connectivity index (χ4n) is 1.73. The Bertz CT molecular complexity index is 630. The van der Waals surface area contributed by atoms with Gasteiger partial charge >= 0.3 is 0 Å². The van der Waals surface area contributed by atoms with E-state index in [1.54, 1.807) is 18.5 Å². The Morgan fingerprint density at radius 1 is 1.32 bits per heavy atom. The van der Waals surface area contributed by atoms with Crippen molar-refractivity contribution in [3.63, 3.8) is 0 Å². The summed E-state index contributed by atoms with van der Waals surface area (Å²) < 4.78 is 17.4. The molecular formula is C13H11FN4S. The first-order valence-corrected chi connectivity index (χ1v) is 6.47. The zero-order valence-corrected chi connectivity index (χ0v) is 11.0. The Labute approximate surface area is 114 Å². The van der Waals surface area contributed by atoms with Crippen molar-refractivity contribution in [1.82, 2.24) is 4.98 Å². The molecule has 96 valence electrons. The van der Waals surface area contributed by atoms with Crippen LogP contribution in [0.3, 0.4) is 0 Å². The molecule has 0 spiro atoms. The first-order valence-electron chi connectivity index (χ1n) is 5.69. The number of hydrogen-bond donors (Lipinski definition) is 1. The zero-order valence-electron chi connectivity index (χ0n) is 10.2. The monoisotopic (exact) mass is 274 g/mol. The van der Waals surface area contributed by atoms with Gasteiger partial charge in [-0.1, -0.05) is 0 Å². The lowest BCUT2D eigenvalue weighted by molar-refractivity contribution is 0.624. The van der Waals surface area contributed by atoms with Gasteiger partial charge in [0.25, 0.3) is 0 Å². The summed E-state index contributed by atoms with van der Waals surface area (Å²) >= 11 is 1.26. The van der Waals surface area contributed by atoms with Crippen molar-refractivity contribution in [1.29, 1.82) is 0 Å². The quantitative estimate of drug-likeness (QED) is 0.811. The average molecular weight is 274 g/mol. The van der Waals surface area contributed by atoms with Gasteiger partial charge in [-0.25, -0.2) is 4.39 Å². The van der Waals surface area contributed by atoms with E-state index < -0.39 is 0 Å². The van der Waals surface area contributed by atoms with Crippen molar-refractivity contribution in [3.05, 3.63) is 48.5 Å². The van der Waals surface area contributed by atoms with E-state index in [4.69, 9.17) is 0 Å². The molecule has 3 rings (SSSR count). The first kappa shape index (κ1) is 12.0. The topological polar surface area (TPSA) is 40.5 Å². The second kappa shape index (κ2) is 4.89. The van der Waals surface area contributed by atoms with E-state index in [1.165, 1.54) is 24.1 Å². The summed E-state index contributed by atoms with van der Waals surface area (Å²) in [5.74, 6) is 0.435. The van der Waals surface area contributed by atoms with Crippen molar-refractivity contribution < 1.29 is 4.39 Å². The van der Waals surface area contributed by atoms with E-state index >= 15 is 0 Å². The molecule has 0 atom stereocenters. The number of fused-ring (bicyclic) bond motifs is 1. The summed E-state index contributed by atoms with van der Waals surface area (Å²) in [4.78, 5) is 6.75. The van der Waals surface area contributed by atoms with Crippen LogP contribution in [0.4, 0.5) is 15.8 Å². The first-order chi connectivity index (χ1) is 9.24. The Kier molecular flexibility index (Phi) is 3.08. The van der Waals surface area contributed by atoms with Crippen LogP contribution in [-0.2, 0) is 0 Å². The third-order valence-electron chi connectivity index (χ3n) is 2.77. The van der Waals surface area contributed by atoms with E-state index in [0.29, 0.717) is 5.96 Å². The van der Waals surface area contributed by atoms with Crippen LogP contribution in [-0.4, -0.2) is 18.0 Å². The maximum atomic E-state index is 13.1. The molecule has 1 aromatic heterocycles. The zero-order chi connectivity index (χ0) is 13.2. The fraction of sp³-hybridized carbons (Fsp3) is 0.0769. The molecule has 1 aliphatic rings. The minimum atomic E-state index is -0.257. The van der Waals surface area contributed by atoms with Gasteiger partial charge < -0.3 is 10.2 Å². The molecule has 0 saturated carbocycles. The molecule has 1 aliphatic heterocycles. The molecule has 2 heterocycles. The molecule has 0 aliphatic carbocycles. The van der Waals surface area contributed by atoms with Crippen LogP contribution in [0.15, 0.2) is 52.0 Å². The number of rotatable bonds is 1. The molecule has 6 heteroatoms. The lowest BCUT2D eigenvalue weighted by Crippen LogP contribution is -2.34. The number of halogens is 1. The number of anilines is 2. The fourth-order valence-corrected chi connectivity index (χ4v) is 2.47. The number of benzene rings is 1. The Morgan fingerprint density at radius 2 is 2.21 bits per heavy atom. The van der Waals surface area contributed by atoms with Gasteiger partial charge in [-0.05, 0) is 30.3 Å². The Balaban J connectivity index is 1.86. The molecule has 2 aromatic rings. The van der Waals surface area contributed by atoms with Crippen LogP contribution < -0.4 is 10.2 Å². The molecular weight excluding hydrogens is 263 g/mol. The molecule has 0 saturated heterocycles. The molecule has 0 fully saturated rings. The number of aromatic nitrogens is 1. The predicted octanol–water partition coefficient (Wildman–Crippen LogP) is 3.15. The van der Waals surface area contributed by atoms with Gasteiger partial charge in [0.05, 0.1) is 22.5 Å². The smallest absolute Gasteiger partial charge is 0.214 e. The molecule has 1 aromatic carbocycles. The number of guanidine groups is 1. The van der Waals surface area contributed by atoms with Crippen LogP contribution in [0.25, 0.3) is 0 Å². The number of pyridine rings is 1. The molecule has 0 radical (unpaired) electrons. The average Bonchev–Trinajstić information content (AvgIpc) is 2.47. The van der Waals surface area contributed by atoms with Gasteiger partial charge in [-0.2, -0.15) is 4.40 Å². The Morgan fingerprint density at radius 3 is 3.00 bits per heavy atom. The van der Waals surface area contributed by atoms with E-state index in [1.807, 2.05) is 24.1 Å². The molecule has 0 unspecified atom stereocenters. The highest BCUT2D eigenvalue weighted by atomic mass is 32.2. The second-order valence-electron chi connectivity index (χ2n) is 4.04. The van der Waals surface area contributed by atoms with Crippen molar-refractivity contribution in [2.24, 2.45) is 4.40 Å². The van der Waals surface area contributed by atoms with Crippen molar-refractivity contribution in [2.75, 3.05) is 17.3 Å². The summed E-state index contributed by atoms with van der Waals surface area (Å²) in [6, 6.07) is 8.42. The predicted molar refractivity (Wildman–Crippen MR) is 76.0 cm³/mol. The molecule has 19 heavy (non-hydrogen) atoms. The number of nitrogens with zero attached hydrogens (tertiary/aromatic N) is 3. The molecule has 1 N–H and O–H groups in total. The van der Waals surface area contributed by atoms with Crippen LogP contribution in [0, 0.1) is 5.82 Å². The van der Waals surface area contributed by atoms with Crippen LogP contribution >= 0.6 is 11.9 Å². The SMILES string of the molecule is CN(C1=NSc2cc(F)ccc2N1)c1cccnc1. The van der Waals surface area contributed by atoms with E-state index in [2.05, 4.69) is 14.7 Å². The van der Waals surface area contributed by atoms with Crippen molar-refractivity contribution >= 4 is 29.3 Å². The minimum Gasteiger partial charge on any atom is -0.324 e. The number of nitrogens with one attached hydrogen (secondary N) is 1. The van der Waals surface area contributed by atoms with Crippen molar-refractivity contribution in [2.45, 2.75) is 4.90 Å². The van der Waals surface area contributed by atoms with Gasteiger partial charge in [-0.3, -0.25) is 4.98 Å².